The molecule has 0 radical (unpaired) electrons. The molecule has 2 aromatic rings. The number of para-hydroxylation sites is 1. The Labute approximate surface area is 132 Å². The minimum atomic E-state index is 0.0763. The SMILES string of the molecule is CC1CCc2ccccc2N1CC(=O)NCc1ccccc1. The van der Waals surface area contributed by atoms with Gasteiger partial charge in [-0.15, -0.1) is 0 Å². The van der Waals surface area contributed by atoms with Gasteiger partial charge in [0.1, 0.15) is 0 Å². The van der Waals surface area contributed by atoms with Crippen LogP contribution in [-0.2, 0) is 17.8 Å². The van der Waals surface area contributed by atoms with Crippen LogP contribution in [0.1, 0.15) is 24.5 Å². The molecule has 114 valence electrons. The van der Waals surface area contributed by atoms with Gasteiger partial charge in [-0.1, -0.05) is 48.5 Å². The van der Waals surface area contributed by atoms with Crippen LogP contribution in [0.4, 0.5) is 5.69 Å². The molecule has 2 aromatic carbocycles. The highest BCUT2D eigenvalue weighted by Crippen LogP contribution is 2.29. The highest BCUT2D eigenvalue weighted by atomic mass is 16.2. The Balaban J connectivity index is 1.64. The first kappa shape index (κ1) is 14.6. The molecule has 1 unspecified atom stereocenters. The normalized spacial score (nSPS) is 17.0. The van der Waals surface area contributed by atoms with Crippen LogP contribution in [0.2, 0.25) is 0 Å². The van der Waals surface area contributed by atoms with Gasteiger partial charge in [-0.05, 0) is 37.0 Å². The summed E-state index contributed by atoms with van der Waals surface area (Å²) in [5, 5.41) is 3.02. The number of amides is 1. The first-order valence-electron chi connectivity index (χ1n) is 7.89. The fourth-order valence-corrected chi connectivity index (χ4v) is 3.01. The summed E-state index contributed by atoms with van der Waals surface area (Å²) in [6.45, 7) is 3.20. The average molecular weight is 294 g/mol. The van der Waals surface area contributed by atoms with E-state index in [1.807, 2.05) is 36.4 Å². The Morgan fingerprint density at radius 2 is 1.86 bits per heavy atom. The predicted octanol–water partition coefficient (Wildman–Crippen LogP) is 3.14. The summed E-state index contributed by atoms with van der Waals surface area (Å²) in [4.78, 5) is 14.5. The van der Waals surface area contributed by atoms with Crippen LogP contribution in [0.3, 0.4) is 0 Å². The molecule has 1 aliphatic rings. The number of aryl methyl sites for hydroxylation is 1. The third-order valence-electron chi connectivity index (χ3n) is 4.31. The van der Waals surface area contributed by atoms with E-state index in [2.05, 4.69) is 35.3 Å². The number of anilines is 1. The number of nitrogens with zero attached hydrogens (tertiary/aromatic N) is 1. The largest absolute Gasteiger partial charge is 0.359 e. The highest BCUT2D eigenvalue weighted by molar-refractivity contribution is 5.82. The van der Waals surface area contributed by atoms with Crippen LogP contribution in [0.25, 0.3) is 0 Å². The molecule has 0 aromatic heterocycles. The zero-order chi connectivity index (χ0) is 15.4. The van der Waals surface area contributed by atoms with E-state index < -0.39 is 0 Å². The fourth-order valence-electron chi connectivity index (χ4n) is 3.01. The molecule has 0 fully saturated rings. The number of rotatable bonds is 4. The minimum absolute atomic E-state index is 0.0763. The second kappa shape index (κ2) is 6.65. The zero-order valence-corrected chi connectivity index (χ0v) is 13.0. The molecule has 0 aliphatic carbocycles. The van der Waals surface area contributed by atoms with Crippen molar-refractivity contribution in [3.8, 4) is 0 Å². The Hall–Kier alpha value is -2.29. The summed E-state index contributed by atoms with van der Waals surface area (Å²) in [5.74, 6) is 0.0763. The minimum Gasteiger partial charge on any atom is -0.359 e. The van der Waals surface area contributed by atoms with E-state index in [9.17, 15) is 4.79 Å². The van der Waals surface area contributed by atoms with Crippen LogP contribution in [0.15, 0.2) is 54.6 Å². The van der Waals surface area contributed by atoms with Gasteiger partial charge in [-0.2, -0.15) is 0 Å². The molecule has 1 atom stereocenters. The maximum absolute atomic E-state index is 12.3. The number of hydrogen-bond acceptors (Lipinski definition) is 2. The average Bonchev–Trinajstić information content (AvgIpc) is 2.56. The lowest BCUT2D eigenvalue weighted by molar-refractivity contribution is -0.120. The molecule has 1 aliphatic heterocycles. The van der Waals surface area contributed by atoms with Gasteiger partial charge < -0.3 is 10.2 Å². The number of fused-ring (bicyclic) bond motifs is 1. The van der Waals surface area contributed by atoms with Crippen LogP contribution in [-0.4, -0.2) is 18.5 Å². The van der Waals surface area contributed by atoms with Crippen molar-refractivity contribution >= 4 is 11.6 Å². The summed E-state index contributed by atoms with van der Waals surface area (Å²) in [7, 11) is 0. The summed E-state index contributed by atoms with van der Waals surface area (Å²) in [6.07, 6.45) is 2.20. The lowest BCUT2D eigenvalue weighted by Gasteiger charge is -2.36. The molecule has 0 saturated carbocycles. The third-order valence-corrected chi connectivity index (χ3v) is 4.31. The van der Waals surface area contributed by atoms with Crippen molar-refractivity contribution in [3.63, 3.8) is 0 Å². The van der Waals surface area contributed by atoms with Gasteiger partial charge in [-0.25, -0.2) is 0 Å². The maximum atomic E-state index is 12.3. The Morgan fingerprint density at radius 3 is 2.68 bits per heavy atom. The molecular formula is C19H22N2O. The van der Waals surface area contributed by atoms with Crippen molar-refractivity contribution < 1.29 is 4.79 Å². The summed E-state index contributed by atoms with van der Waals surface area (Å²) in [5.41, 5.74) is 3.68. The molecule has 3 nitrogen and oxygen atoms in total. The van der Waals surface area contributed by atoms with Crippen molar-refractivity contribution in [1.29, 1.82) is 0 Å². The van der Waals surface area contributed by atoms with Crippen molar-refractivity contribution in [2.24, 2.45) is 0 Å². The van der Waals surface area contributed by atoms with E-state index in [0.29, 0.717) is 19.1 Å². The number of carbonyl (C=O) groups is 1. The van der Waals surface area contributed by atoms with Gasteiger partial charge in [0.2, 0.25) is 5.91 Å². The quantitative estimate of drug-likeness (QED) is 0.939. The topological polar surface area (TPSA) is 32.3 Å². The predicted molar refractivity (Wildman–Crippen MR) is 89.9 cm³/mol. The van der Waals surface area contributed by atoms with Crippen molar-refractivity contribution in [2.75, 3.05) is 11.4 Å². The Bertz CT molecular complexity index is 639. The molecule has 1 amide bonds. The van der Waals surface area contributed by atoms with Gasteiger partial charge >= 0.3 is 0 Å². The monoisotopic (exact) mass is 294 g/mol. The highest BCUT2D eigenvalue weighted by Gasteiger charge is 2.24. The molecule has 0 bridgehead atoms. The van der Waals surface area contributed by atoms with Crippen molar-refractivity contribution in [2.45, 2.75) is 32.4 Å². The van der Waals surface area contributed by atoms with Gasteiger partial charge in [0.05, 0.1) is 6.54 Å². The van der Waals surface area contributed by atoms with E-state index in [0.717, 1.165) is 18.4 Å². The van der Waals surface area contributed by atoms with Gasteiger partial charge in [0.15, 0.2) is 0 Å². The Kier molecular flexibility index (Phi) is 4.42. The summed E-state index contributed by atoms with van der Waals surface area (Å²) in [6, 6.07) is 18.8. The number of hydrogen-bond donors (Lipinski definition) is 1. The smallest absolute Gasteiger partial charge is 0.239 e. The molecule has 3 heteroatoms. The van der Waals surface area contributed by atoms with Crippen molar-refractivity contribution in [1.82, 2.24) is 5.32 Å². The second-order valence-corrected chi connectivity index (χ2v) is 5.91. The third kappa shape index (κ3) is 3.30. The van der Waals surface area contributed by atoms with E-state index in [1.54, 1.807) is 0 Å². The number of benzene rings is 2. The first-order chi connectivity index (χ1) is 10.7. The molecule has 1 N–H and O–H groups in total. The Morgan fingerprint density at radius 1 is 1.14 bits per heavy atom. The number of carbonyl (C=O) groups excluding carboxylic acids is 1. The fraction of sp³-hybridized carbons (Fsp3) is 0.316. The standard InChI is InChI=1S/C19H22N2O/c1-15-11-12-17-9-5-6-10-18(17)21(15)14-19(22)20-13-16-7-3-2-4-8-16/h2-10,15H,11-14H2,1H3,(H,20,22). The zero-order valence-electron chi connectivity index (χ0n) is 13.0. The molecule has 0 spiro atoms. The van der Waals surface area contributed by atoms with E-state index in [1.165, 1.54) is 11.3 Å². The molecule has 3 rings (SSSR count). The summed E-state index contributed by atoms with van der Waals surface area (Å²) >= 11 is 0. The van der Waals surface area contributed by atoms with Gasteiger partial charge in [-0.3, -0.25) is 4.79 Å². The van der Waals surface area contributed by atoms with E-state index >= 15 is 0 Å². The van der Waals surface area contributed by atoms with Crippen LogP contribution >= 0.6 is 0 Å². The molecular weight excluding hydrogens is 272 g/mol. The molecule has 22 heavy (non-hydrogen) atoms. The van der Waals surface area contributed by atoms with E-state index in [4.69, 9.17) is 0 Å². The second-order valence-electron chi connectivity index (χ2n) is 5.91. The summed E-state index contributed by atoms with van der Waals surface area (Å²) < 4.78 is 0. The van der Waals surface area contributed by atoms with Crippen LogP contribution < -0.4 is 10.2 Å². The van der Waals surface area contributed by atoms with Crippen molar-refractivity contribution in [3.05, 3.63) is 65.7 Å². The molecule has 0 saturated heterocycles. The maximum Gasteiger partial charge on any atom is 0.239 e. The number of nitrogens with one attached hydrogen (secondary N) is 1. The van der Waals surface area contributed by atoms with E-state index in [-0.39, 0.29) is 5.91 Å². The van der Waals surface area contributed by atoms with Gasteiger partial charge in [0.25, 0.3) is 0 Å². The van der Waals surface area contributed by atoms with Gasteiger partial charge in [0, 0.05) is 18.3 Å². The van der Waals surface area contributed by atoms with Crippen LogP contribution in [0.5, 0.6) is 0 Å². The molecule has 1 heterocycles. The van der Waals surface area contributed by atoms with Crippen LogP contribution in [0, 0.1) is 0 Å². The lowest BCUT2D eigenvalue weighted by Crippen LogP contribution is -2.44. The first-order valence-corrected chi connectivity index (χ1v) is 7.89. The lowest BCUT2D eigenvalue weighted by atomic mass is 9.96.